The first kappa shape index (κ1) is 12.0. The first-order valence-corrected chi connectivity index (χ1v) is 6.88. The Hall–Kier alpha value is -0.510. The van der Waals surface area contributed by atoms with Crippen LogP contribution < -0.4 is 0 Å². The molecule has 1 unspecified atom stereocenters. The van der Waals surface area contributed by atoms with Gasteiger partial charge in [0, 0.05) is 29.7 Å². The number of aliphatic hydroxyl groups excluding tert-OH is 1. The summed E-state index contributed by atoms with van der Waals surface area (Å²) in [6, 6.07) is 8.69. The lowest BCUT2D eigenvalue weighted by Crippen LogP contribution is -2.31. The van der Waals surface area contributed by atoms with Crippen molar-refractivity contribution in [3.05, 3.63) is 29.8 Å². The maximum Gasteiger partial charge on any atom is 0.0558 e. The third-order valence-corrected chi connectivity index (χ3v) is 4.39. The summed E-state index contributed by atoms with van der Waals surface area (Å²) in [5.41, 5.74) is 1.49. The second-order valence-electron chi connectivity index (χ2n) is 4.16. The molecule has 3 heteroatoms. The zero-order valence-corrected chi connectivity index (χ0v) is 10.5. The Kier molecular flexibility index (Phi) is 4.27. The van der Waals surface area contributed by atoms with Crippen LogP contribution in [0.4, 0.5) is 0 Å². The van der Waals surface area contributed by atoms with Crippen LogP contribution in [-0.4, -0.2) is 42.0 Å². The molecular formula is C13H19NOS. The Morgan fingerprint density at radius 3 is 3.00 bits per heavy atom. The number of rotatable bonds is 5. The largest absolute Gasteiger partial charge is 0.395 e. The fourth-order valence-electron chi connectivity index (χ4n) is 2.21. The molecule has 0 fully saturated rings. The maximum absolute atomic E-state index is 8.99. The van der Waals surface area contributed by atoms with Gasteiger partial charge in [0.2, 0.25) is 0 Å². The maximum atomic E-state index is 8.99. The molecule has 1 N–H and O–H groups in total. The summed E-state index contributed by atoms with van der Waals surface area (Å²) in [7, 11) is 0. The van der Waals surface area contributed by atoms with Crippen LogP contribution in [0.2, 0.25) is 0 Å². The van der Waals surface area contributed by atoms with Crippen molar-refractivity contribution in [1.29, 1.82) is 0 Å². The summed E-state index contributed by atoms with van der Waals surface area (Å²) >= 11 is 1.96. The minimum absolute atomic E-state index is 0.259. The monoisotopic (exact) mass is 237 g/mol. The summed E-state index contributed by atoms with van der Waals surface area (Å²) < 4.78 is 0. The molecule has 16 heavy (non-hydrogen) atoms. The molecule has 0 aliphatic carbocycles. The van der Waals surface area contributed by atoms with Crippen LogP contribution in [0.5, 0.6) is 0 Å². The molecule has 1 atom stereocenters. The van der Waals surface area contributed by atoms with Gasteiger partial charge in [0.15, 0.2) is 0 Å². The second kappa shape index (κ2) is 5.71. The minimum Gasteiger partial charge on any atom is -0.395 e. The van der Waals surface area contributed by atoms with E-state index in [-0.39, 0.29) is 6.61 Å². The topological polar surface area (TPSA) is 23.5 Å². The standard InChI is InChI=1S/C13H19NOS/c1-2-14(7-8-15)9-11-10-16-13-6-4-3-5-12(11)13/h3-6,11,15H,2,7-10H2,1H3. The molecule has 1 aliphatic rings. The van der Waals surface area contributed by atoms with Gasteiger partial charge in [-0.2, -0.15) is 0 Å². The molecule has 0 bridgehead atoms. The number of likely N-dealkylation sites (N-methyl/N-ethyl adjacent to an activating group) is 1. The van der Waals surface area contributed by atoms with Crippen molar-refractivity contribution in [3.63, 3.8) is 0 Å². The average Bonchev–Trinajstić information content (AvgIpc) is 2.72. The zero-order valence-electron chi connectivity index (χ0n) is 9.72. The third kappa shape index (κ3) is 2.59. The van der Waals surface area contributed by atoms with Gasteiger partial charge in [0.1, 0.15) is 0 Å². The lowest BCUT2D eigenvalue weighted by Gasteiger charge is -2.23. The number of benzene rings is 1. The molecule has 0 aromatic heterocycles. The van der Waals surface area contributed by atoms with Crippen LogP contribution in [0, 0.1) is 0 Å². The van der Waals surface area contributed by atoms with E-state index in [1.165, 1.54) is 16.2 Å². The number of nitrogens with zero attached hydrogens (tertiary/aromatic N) is 1. The van der Waals surface area contributed by atoms with E-state index in [1.54, 1.807) is 0 Å². The average molecular weight is 237 g/mol. The number of thioether (sulfide) groups is 1. The summed E-state index contributed by atoms with van der Waals surface area (Å²) in [4.78, 5) is 3.76. The molecule has 1 aliphatic heterocycles. The van der Waals surface area contributed by atoms with Gasteiger partial charge >= 0.3 is 0 Å². The van der Waals surface area contributed by atoms with Crippen LogP contribution in [0.3, 0.4) is 0 Å². The highest BCUT2D eigenvalue weighted by Crippen LogP contribution is 2.39. The molecule has 0 radical (unpaired) electrons. The van der Waals surface area contributed by atoms with E-state index >= 15 is 0 Å². The zero-order chi connectivity index (χ0) is 11.4. The Labute approximate surface area is 102 Å². The van der Waals surface area contributed by atoms with Crippen molar-refractivity contribution in [2.45, 2.75) is 17.7 Å². The molecule has 2 rings (SSSR count). The molecule has 1 aromatic carbocycles. The molecule has 1 aromatic rings. The van der Waals surface area contributed by atoms with Crippen LogP contribution in [0.25, 0.3) is 0 Å². The molecule has 0 saturated heterocycles. The quantitative estimate of drug-likeness (QED) is 0.849. The molecule has 0 amide bonds. The number of hydrogen-bond donors (Lipinski definition) is 1. The van der Waals surface area contributed by atoms with Crippen molar-refractivity contribution in [2.75, 3.05) is 32.0 Å². The first-order valence-electron chi connectivity index (χ1n) is 5.90. The van der Waals surface area contributed by atoms with Crippen molar-refractivity contribution in [1.82, 2.24) is 4.90 Å². The van der Waals surface area contributed by atoms with E-state index in [9.17, 15) is 0 Å². The SMILES string of the molecule is CCN(CCO)CC1CSc2ccccc21. The van der Waals surface area contributed by atoms with Crippen molar-refractivity contribution >= 4 is 11.8 Å². The molecule has 0 saturated carbocycles. The van der Waals surface area contributed by atoms with Gasteiger partial charge in [-0.15, -0.1) is 11.8 Å². The predicted octanol–water partition coefficient (Wildman–Crippen LogP) is 2.19. The normalized spacial score (nSPS) is 19.1. The van der Waals surface area contributed by atoms with Gasteiger partial charge in [0.05, 0.1) is 6.61 Å². The lowest BCUT2D eigenvalue weighted by molar-refractivity contribution is 0.197. The Bertz CT molecular complexity index is 342. The van der Waals surface area contributed by atoms with E-state index in [0.29, 0.717) is 5.92 Å². The van der Waals surface area contributed by atoms with Gasteiger partial charge in [-0.05, 0) is 18.2 Å². The number of hydrogen-bond acceptors (Lipinski definition) is 3. The Balaban J connectivity index is 2.02. The molecule has 2 nitrogen and oxygen atoms in total. The fraction of sp³-hybridized carbons (Fsp3) is 0.538. The van der Waals surface area contributed by atoms with E-state index in [2.05, 4.69) is 36.1 Å². The number of fused-ring (bicyclic) bond motifs is 1. The van der Waals surface area contributed by atoms with Gasteiger partial charge in [0.25, 0.3) is 0 Å². The second-order valence-corrected chi connectivity index (χ2v) is 5.22. The van der Waals surface area contributed by atoms with Crippen LogP contribution in [0.15, 0.2) is 29.2 Å². The number of aliphatic hydroxyl groups is 1. The lowest BCUT2D eigenvalue weighted by atomic mass is 10.0. The summed E-state index contributed by atoms with van der Waals surface area (Å²) in [5.74, 6) is 1.81. The van der Waals surface area contributed by atoms with Gasteiger partial charge < -0.3 is 10.0 Å². The van der Waals surface area contributed by atoms with Crippen molar-refractivity contribution in [2.24, 2.45) is 0 Å². The van der Waals surface area contributed by atoms with E-state index in [0.717, 1.165) is 19.6 Å². The van der Waals surface area contributed by atoms with E-state index in [4.69, 9.17) is 5.11 Å². The van der Waals surface area contributed by atoms with Crippen LogP contribution >= 0.6 is 11.8 Å². The molecule has 88 valence electrons. The highest BCUT2D eigenvalue weighted by atomic mass is 32.2. The molecule has 1 heterocycles. The minimum atomic E-state index is 0.259. The highest BCUT2D eigenvalue weighted by Gasteiger charge is 2.23. The molecule has 0 spiro atoms. The van der Waals surface area contributed by atoms with Crippen LogP contribution in [0.1, 0.15) is 18.4 Å². The summed E-state index contributed by atoms with van der Waals surface area (Å²) in [6.45, 7) is 5.30. The van der Waals surface area contributed by atoms with E-state index < -0.39 is 0 Å². The first-order chi connectivity index (χ1) is 7.85. The third-order valence-electron chi connectivity index (χ3n) is 3.14. The van der Waals surface area contributed by atoms with Crippen molar-refractivity contribution < 1.29 is 5.11 Å². The van der Waals surface area contributed by atoms with Gasteiger partial charge in [-0.3, -0.25) is 0 Å². The van der Waals surface area contributed by atoms with Crippen LogP contribution in [-0.2, 0) is 0 Å². The van der Waals surface area contributed by atoms with E-state index in [1.807, 2.05) is 11.8 Å². The molecular weight excluding hydrogens is 218 g/mol. The van der Waals surface area contributed by atoms with Crippen molar-refractivity contribution in [3.8, 4) is 0 Å². The highest BCUT2D eigenvalue weighted by molar-refractivity contribution is 7.99. The summed E-state index contributed by atoms with van der Waals surface area (Å²) in [5, 5.41) is 8.99. The Morgan fingerprint density at radius 2 is 2.25 bits per heavy atom. The Morgan fingerprint density at radius 1 is 1.44 bits per heavy atom. The van der Waals surface area contributed by atoms with Gasteiger partial charge in [-0.1, -0.05) is 25.1 Å². The smallest absolute Gasteiger partial charge is 0.0558 e. The summed E-state index contributed by atoms with van der Waals surface area (Å²) in [6.07, 6.45) is 0. The fourth-order valence-corrected chi connectivity index (χ4v) is 3.45. The predicted molar refractivity (Wildman–Crippen MR) is 69.1 cm³/mol. The van der Waals surface area contributed by atoms with Gasteiger partial charge in [-0.25, -0.2) is 0 Å².